The predicted octanol–water partition coefficient (Wildman–Crippen LogP) is 5.43. The molecule has 1 aliphatic heterocycles. The van der Waals surface area contributed by atoms with Crippen LogP contribution in [0.2, 0.25) is 0 Å². The number of para-hydroxylation sites is 1. The summed E-state index contributed by atoms with van der Waals surface area (Å²) in [6, 6.07) is 17.1. The van der Waals surface area contributed by atoms with Crippen LogP contribution < -0.4 is 15.6 Å². The van der Waals surface area contributed by atoms with E-state index in [-0.39, 0.29) is 21.5 Å². The van der Waals surface area contributed by atoms with Crippen molar-refractivity contribution in [2.45, 2.75) is 32.6 Å². The van der Waals surface area contributed by atoms with Crippen LogP contribution in [0.3, 0.4) is 0 Å². The second-order valence-electron chi connectivity index (χ2n) is 9.08. The number of Topliss-reactive ketones (excluding diaryl/α,β-unsaturated/α-hetero) is 1. The van der Waals surface area contributed by atoms with E-state index in [1.165, 1.54) is 0 Å². The molecule has 0 bridgehead atoms. The third kappa shape index (κ3) is 3.69. The summed E-state index contributed by atoms with van der Waals surface area (Å²) in [6.45, 7) is 4.16. The minimum Gasteiger partial charge on any atom is -0.457 e. The molecule has 0 saturated heterocycles. The maximum absolute atomic E-state index is 13.3. The lowest BCUT2D eigenvalue weighted by atomic mass is 9.69. The molecule has 162 valence electrons. The third-order valence-corrected chi connectivity index (χ3v) is 6.13. The molecule has 5 rings (SSSR count). The second kappa shape index (κ2) is 7.60. The number of hydrogen-bond acceptors (Lipinski definition) is 5. The molecule has 2 heterocycles. The van der Waals surface area contributed by atoms with E-state index in [1.807, 2.05) is 54.6 Å². The summed E-state index contributed by atoms with van der Waals surface area (Å²) in [5.74, 6) is 1.44. The van der Waals surface area contributed by atoms with Gasteiger partial charge >= 0.3 is 0 Å². The van der Waals surface area contributed by atoms with Gasteiger partial charge in [0.05, 0.1) is 5.56 Å². The van der Waals surface area contributed by atoms with Crippen molar-refractivity contribution in [2.75, 3.05) is 5.32 Å². The maximum atomic E-state index is 13.3. The number of ether oxygens (including phenoxy) is 1. The fourth-order valence-electron chi connectivity index (χ4n) is 4.66. The number of hydrogen-bond donors (Lipinski definition) is 3. The number of carbonyl (C=O) groups is 1. The molecule has 32 heavy (non-hydrogen) atoms. The Bertz CT molecular complexity index is 1370. The fraction of sp³-hybridized carbons (Fsp3) is 0.240. The Morgan fingerprint density at radius 3 is 2.50 bits per heavy atom. The van der Waals surface area contributed by atoms with Crippen molar-refractivity contribution < 1.29 is 9.53 Å². The van der Waals surface area contributed by atoms with Crippen molar-refractivity contribution in [2.24, 2.45) is 5.41 Å². The van der Waals surface area contributed by atoms with Crippen LogP contribution in [0.5, 0.6) is 11.5 Å². The largest absolute Gasteiger partial charge is 0.457 e. The van der Waals surface area contributed by atoms with Crippen LogP contribution in [0.15, 0.2) is 70.7 Å². The number of allylic oxidation sites excluding steroid dienone is 2. The Kier molecular flexibility index (Phi) is 4.86. The molecule has 3 aromatic rings. The molecule has 0 fully saturated rings. The highest BCUT2D eigenvalue weighted by Gasteiger charge is 2.42. The lowest BCUT2D eigenvalue weighted by Crippen LogP contribution is -2.36. The Morgan fingerprint density at radius 2 is 1.72 bits per heavy atom. The number of nitrogens with one attached hydrogen (secondary N) is 3. The Balaban J connectivity index is 1.67. The summed E-state index contributed by atoms with van der Waals surface area (Å²) in [7, 11) is 0. The normalized spacial score (nSPS) is 19.1. The van der Waals surface area contributed by atoms with Crippen LogP contribution in [0, 0.1) is 10.2 Å². The molecule has 2 aromatic carbocycles. The standard InChI is InChI=1S/C25H23N3O3S/c1-25(2)12-17-20(18(29)13-25)19(21-22(26-17)27-24(32)28-23(21)30)14-7-6-10-16(11-14)31-15-8-4-3-5-9-15/h3-11,19H,12-13H2,1-2H3,(H3,26,27,28,30,32)/t19-/m0/s1. The molecule has 0 amide bonds. The molecular formula is C25H23N3O3S. The highest BCUT2D eigenvalue weighted by atomic mass is 32.1. The van der Waals surface area contributed by atoms with Crippen molar-refractivity contribution in [1.82, 2.24) is 9.97 Å². The second-order valence-corrected chi connectivity index (χ2v) is 9.48. The minimum absolute atomic E-state index is 0.0515. The average Bonchev–Trinajstić information content (AvgIpc) is 2.72. The molecule has 0 unspecified atom stereocenters. The van der Waals surface area contributed by atoms with Crippen LogP contribution in [0.4, 0.5) is 5.82 Å². The Hall–Kier alpha value is -3.45. The number of ketones is 1. The first-order chi connectivity index (χ1) is 15.3. The van der Waals surface area contributed by atoms with Crippen LogP contribution in [0.25, 0.3) is 0 Å². The molecule has 1 atom stereocenters. The number of rotatable bonds is 3. The first-order valence-electron chi connectivity index (χ1n) is 10.5. The predicted molar refractivity (Wildman–Crippen MR) is 126 cm³/mol. The summed E-state index contributed by atoms with van der Waals surface area (Å²) in [4.78, 5) is 32.1. The van der Waals surface area contributed by atoms with Gasteiger partial charge in [0.2, 0.25) is 0 Å². The van der Waals surface area contributed by atoms with Crippen molar-refractivity contribution in [3.8, 4) is 11.5 Å². The molecular weight excluding hydrogens is 422 g/mol. The Morgan fingerprint density at radius 1 is 0.969 bits per heavy atom. The van der Waals surface area contributed by atoms with Crippen molar-refractivity contribution in [3.63, 3.8) is 0 Å². The van der Waals surface area contributed by atoms with Gasteiger partial charge in [-0.25, -0.2) is 0 Å². The number of aromatic amines is 2. The zero-order valence-corrected chi connectivity index (χ0v) is 18.6. The number of fused-ring (bicyclic) bond motifs is 1. The van der Waals surface area contributed by atoms with E-state index >= 15 is 0 Å². The molecule has 0 saturated carbocycles. The summed E-state index contributed by atoms with van der Waals surface area (Å²) < 4.78 is 6.26. The zero-order chi connectivity index (χ0) is 22.5. The van der Waals surface area contributed by atoms with Gasteiger partial charge in [0.15, 0.2) is 10.6 Å². The van der Waals surface area contributed by atoms with E-state index in [0.717, 1.165) is 11.3 Å². The van der Waals surface area contributed by atoms with Gasteiger partial charge in [-0.05, 0) is 53.9 Å². The van der Waals surface area contributed by atoms with Gasteiger partial charge in [-0.2, -0.15) is 0 Å². The number of H-pyrrole nitrogens is 2. The van der Waals surface area contributed by atoms with Crippen LogP contribution in [-0.2, 0) is 4.79 Å². The van der Waals surface area contributed by atoms with E-state index in [9.17, 15) is 9.59 Å². The Labute approximate surface area is 190 Å². The van der Waals surface area contributed by atoms with Crippen molar-refractivity contribution >= 4 is 23.8 Å². The average molecular weight is 446 g/mol. The summed E-state index contributed by atoms with van der Waals surface area (Å²) in [5, 5.41) is 3.31. The van der Waals surface area contributed by atoms with E-state index < -0.39 is 5.92 Å². The van der Waals surface area contributed by atoms with Crippen LogP contribution in [0.1, 0.15) is 43.7 Å². The number of benzene rings is 2. The van der Waals surface area contributed by atoms with Gasteiger partial charge in [-0.1, -0.05) is 44.2 Å². The van der Waals surface area contributed by atoms with E-state index in [1.54, 1.807) is 0 Å². The molecule has 0 spiro atoms. The quantitative estimate of drug-likeness (QED) is 0.468. The zero-order valence-electron chi connectivity index (χ0n) is 17.8. The summed E-state index contributed by atoms with van der Waals surface area (Å²) in [6.07, 6.45) is 1.14. The van der Waals surface area contributed by atoms with E-state index in [0.29, 0.717) is 41.3 Å². The van der Waals surface area contributed by atoms with Crippen LogP contribution in [-0.4, -0.2) is 15.8 Å². The number of anilines is 1. The third-order valence-electron chi connectivity index (χ3n) is 5.92. The first kappa shape index (κ1) is 20.5. The van der Waals surface area contributed by atoms with Crippen LogP contribution >= 0.6 is 12.2 Å². The van der Waals surface area contributed by atoms with Gasteiger partial charge in [-0.3, -0.25) is 14.6 Å². The highest BCUT2D eigenvalue weighted by molar-refractivity contribution is 7.71. The van der Waals surface area contributed by atoms with Gasteiger partial charge < -0.3 is 15.0 Å². The maximum Gasteiger partial charge on any atom is 0.257 e. The van der Waals surface area contributed by atoms with Gasteiger partial charge in [0.1, 0.15) is 17.3 Å². The SMILES string of the molecule is CC1(C)CC(=O)C2=C(C1)Nc1[nH]c(=S)[nH]c(=O)c1[C@H]2c1cccc(Oc2ccccc2)c1. The lowest BCUT2D eigenvalue weighted by molar-refractivity contribution is -0.118. The van der Waals surface area contributed by atoms with Crippen molar-refractivity contribution in [3.05, 3.63) is 92.1 Å². The topological polar surface area (TPSA) is 87.0 Å². The monoisotopic (exact) mass is 445 g/mol. The van der Waals surface area contributed by atoms with Gasteiger partial charge in [0, 0.05) is 23.6 Å². The molecule has 1 aliphatic carbocycles. The van der Waals surface area contributed by atoms with E-state index in [4.69, 9.17) is 17.0 Å². The molecule has 6 nitrogen and oxygen atoms in total. The van der Waals surface area contributed by atoms with E-state index in [2.05, 4.69) is 29.1 Å². The molecule has 7 heteroatoms. The smallest absolute Gasteiger partial charge is 0.257 e. The minimum atomic E-state index is -0.514. The van der Waals surface area contributed by atoms with Gasteiger partial charge in [0.25, 0.3) is 5.56 Å². The van der Waals surface area contributed by atoms with Crippen molar-refractivity contribution in [1.29, 1.82) is 0 Å². The summed E-state index contributed by atoms with van der Waals surface area (Å²) >= 11 is 5.19. The molecule has 2 aliphatic rings. The summed E-state index contributed by atoms with van der Waals surface area (Å²) in [5.41, 5.74) is 2.29. The first-order valence-corrected chi connectivity index (χ1v) is 10.9. The van der Waals surface area contributed by atoms with Gasteiger partial charge in [-0.15, -0.1) is 0 Å². The molecule has 3 N–H and O–H groups in total. The number of carbonyl (C=O) groups excluding carboxylic acids is 1. The number of aromatic nitrogens is 2. The lowest BCUT2D eigenvalue weighted by Gasteiger charge is -2.38. The molecule has 1 aromatic heterocycles. The fourth-order valence-corrected chi connectivity index (χ4v) is 4.86. The highest BCUT2D eigenvalue weighted by Crippen LogP contribution is 2.47. The molecule has 0 radical (unpaired) electrons.